The molecular formula is C16H25N3. The second kappa shape index (κ2) is 5.74. The van der Waals surface area contributed by atoms with E-state index in [0.717, 1.165) is 37.9 Å². The molecule has 3 nitrogen and oxygen atoms in total. The van der Waals surface area contributed by atoms with Gasteiger partial charge in [-0.25, -0.2) is 4.98 Å². The molecular weight excluding hydrogens is 234 g/mol. The molecule has 0 spiro atoms. The zero-order chi connectivity index (χ0) is 13.9. The van der Waals surface area contributed by atoms with Gasteiger partial charge in [-0.05, 0) is 43.9 Å². The van der Waals surface area contributed by atoms with E-state index in [1.807, 2.05) is 0 Å². The van der Waals surface area contributed by atoms with Crippen molar-refractivity contribution in [2.75, 3.05) is 6.54 Å². The van der Waals surface area contributed by atoms with Crippen LogP contribution in [0.15, 0.2) is 24.3 Å². The summed E-state index contributed by atoms with van der Waals surface area (Å²) in [5.74, 6) is 1.20. The van der Waals surface area contributed by atoms with Crippen molar-refractivity contribution in [3.05, 3.63) is 30.1 Å². The van der Waals surface area contributed by atoms with E-state index in [0.29, 0.717) is 5.41 Å². The van der Waals surface area contributed by atoms with Crippen LogP contribution < -0.4 is 5.73 Å². The summed E-state index contributed by atoms with van der Waals surface area (Å²) >= 11 is 0. The number of benzene rings is 1. The zero-order valence-corrected chi connectivity index (χ0v) is 12.3. The van der Waals surface area contributed by atoms with Crippen LogP contribution in [0.1, 0.15) is 39.4 Å². The van der Waals surface area contributed by atoms with Crippen molar-refractivity contribution in [1.82, 2.24) is 9.55 Å². The van der Waals surface area contributed by atoms with Crippen molar-refractivity contribution in [3.8, 4) is 0 Å². The minimum absolute atomic E-state index is 0.297. The molecule has 0 bridgehead atoms. The molecule has 0 radical (unpaired) electrons. The Morgan fingerprint density at radius 1 is 1.21 bits per heavy atom. The first-order chi connectivity index (χ1) is 9.07. The summed E-state index contributed by atoms with van der Waals surface area (Å²) in [7, 11) is 0. The van der Waals surface area contributed by atoms with Gasteiger partial charge in [-0.2, -0.15) is 0 Å². The largest absolute Gasteiger partial charge is 0.330 e. The molecule has 1 heterocycles. The molecule has 0 saturated heterocycles. The number of para-hydroxylation sites is 2. The van der Waals surface area contributed by atoms with Crippen LogP contribution >= 0.6 is 0 Å². The Hall–Kier alpha value is -1.35. The van der Waals surface area contributed by atoms with Crippen molar-refractivity contribution in [1.29, 1.82) is 0 Å². The molecule has 2 N–H and O–H groups in total. The maximum absolute atomic E-state index is 5.68. The molecule has 0 aliphatic heterocycles. The van der Waals surface area contributed by atoms with E-state index in [1.165, 1.54) is 11.3 Å². The maximum atomic E-state index is 5.68. The lowest BCUT2D eigenvalue weighted by Gasteiger charge is -2.23. The zero-order valence-electron chi connectivity index (χ0n) is 12.3. The van der Waals surface area contributed by atoms with E-state index < -0.39 is 0 Å². The molecule has 0 aliphatic carbocycles. The van der Waals surface area contributed by atoms with E-state index in [-0.39, 0.29) is 0 Å². The number of rotatable bonds is 6. The van der Waals surface area contributed by atoms with Gasteiger partial charge in [0.1, 0.15) is 5.82 Å². The number of aryl methyl sites for hydroxylation is 2. The van der Waals surface area contributed by atoms with Crippen LogP contribution in [-0.4, -0.2) is 16.1 Å². The van der Waals surface area contributed by atoms with Crippen molar-refractivity contribution < 1.29 is 0 Å². The van der Waals surface area contributed by atoms with E-state index >= 15 is 0 Å². The highest BCUT2D eigenvalue weighted by Crippen LogP contribution is 2.27. The minimum atomic E-state index is 0.297. The summed E-state index contributed by atoms with van der Waals surface area (Å²) in [6.45, 7) is 8.50. The van der Waals surface area contributed by atoms with E-state index in [4.69, 9.17) is 10.7 Å². The summed E-state index contributed by atoms with van der Waals surface area (Å²) in [4.78, 5) is 4.78. The number of nitrogens with two attached hydrogens (primary N) is 1. The van der Waals surface area contributed by atoms with Crippen LogP contribution in [0.2, 0.25) is 0 Å². The summed E-state index contributed by atoms with van der Waals surface area (Å²) in [5, 5.41) is 0. The maximum Gasteiger partial charge on any atom is 0.109 e. The normalized spacial score (nSPS) is 12.2. The molecule has 0 saturated carbocycles. The summed E-state index contributed by atoms with van der Waals surface area (Å²) < 4.78 is 2.33. The van der Waals surface area contributed by atoms with E-state index in [9.17, 15) is 0 Å². The number of hydrogen-bond donors (Lipinski definition) is 1. The molecule has 0 atom stereocenters. The molecule has 0 unspecified atom stereocenters. The fourth-order valence-electron chi connectivity index (χ4n) is 2.64. The quantitative estimate of drug-likeness (QED) is 0.864. The van der Waals surface area contributed by atoms with Gasteiger partial charge in [0.05, 0.1) is 11.0 Å². The highest BCUT2D eigenvalue weighted by Gasteiger charge is 2.18. The van der Waals surface area contributed by atoms with Crippen LogP contribution in [0.3, 0.4) is 0 Å². The van der Waals surface area contributed by atoms with Gasteiger partial charge in [0, 0.05) is 13.0 Å². The topological polar surface area (TPSA) is 43.8 Å². The lowest BCUT2D eigenvalue weighted by molar-refractivity contribution is 0.309. The highest BCUT2D eigenvalue weighted by atomic mass is 15.1. The third kappa shape index (κ3) is 3.16. The molecule has 1 aromatic heterocycles. The lowest BCUT2D eigenvalue weighted by atomic mass is 9.84. The van der Waals surface area contributed by atoms with Crippen molar-refractivity contribution in [3.63, 3.8) is 0 Å². The van der Waals surface area contributed by atoms with E-state index in [2.05, 4.69) is 49.6 Å². The molecule has 3 heteroatoms. The SMILES string of the molecule is CCn1c(CCC(C)(C)CCN)nc2ccccc21. The third-order valence-electron chi connectivity index (χ3n) is 3.90. The third-order valence-corrected chi connectivity index (χ3v) is 3.90. The van der Waals surface area contributed by atoms with Gasteiger partial charge in [-0.15, -0.1) is 0 Å². The van der Waals surface area contributed by atoms with Gasteiger partial charge >= 0.3 is 0 Å². The molecule has 19 heavy (non-hydrogen) atoms. The fraction of sp³-hybridized carbons (Fsp3) is 0.562. The smallest absolute Gasteiger partial charge is 0.109 e. The number of fused-ring (bicyclic) bond motifs is 1. The number of nitrogens with zero attached hydrogens (tertiary/aromatic N) is 2. The van der Waals surface area contributed by atoms with Crippen LogP contribution in [-0.2, 0) is 13.0 Å². The summed E-state index contributed by atoms with van der Waals surface area (Å²) in [6.07, 6.45) is 3.22. The highest BCUT2D eigenvalue weighted by molar-refractivity contribution is 5.75. The second-order valence-corrected chi connectivity index (χ2v) is 5.96. The Kier molecular flexibility index (Phi) is 4.25. The Balaban J connectivity index is 2.21. The van der Waals surface area contributed by atoms with Crippen LogP contribution in [0.25, 0.3) is 11.0 Å². The number of hydrogen-bond acceptors (Lipinski definition) is 2. The molecule has 0 aliphatic rings. The standard InChI is InChI=1S/C16H25N3/c1-4-19-14-8-6-5-7-13(14)18-15(19)9-10-16(2,3)11-12-17/h5-8H,4,9-12,17H2,1-3H3. The predicted octanol–water partition coefficient (Wildman–Crippen LogP) is 3.36. The molecule has 0 amide bonds. The molecule has 2 aromatic rings. The van der Waals surface area contributed by atoms with E-state index in [1.54, 1.807) is 0 Å². The average Bonchev–Trinajstić information content (AvgIpc) is 2.74. The van der Waals surface area contributed by atoms with Crippen molar-refractivity contribution in [2.24, 2.45) is 11.1 Å². The molecule has 2 rings (SSSR count). The number of imidazole rings is 1. The van der Waals surface area contributed by atoms with Crippen LogP contribution in [0, 0.1) is 5.41 Å². The predicted molar refractivity (Wildman–Crippen MR) is 81.2 cm³/mol. The summed E-state index contributed by atoms with van der Waals surface area (Å²) in [6, 6.07) is 8.38. The van der Waals surface area contributed by atoms with Crippen molar-refractivity contribution >= 4 is 11.0 Å². The molecule has 104 valence electrons. The molecule has 0 fully saturated rings. The van der Waals surface area contributed by atoms with Crippen LogP contribution in [0.4, 0.5) is 0 Å². The van der Waals surface area contributed by atoms with Gasteiger partial charge in [-0.1, -0.05) is 26.0 Å². The summed E-state index contributed by atoms with van der Waals surface area (Å²) in [5.41, 5.74) is 8.33. The first kappa shape index (κ1) is 14.1. The first-order valence-electron chi connectivity index (χ1n) is 7.21. The monoisotopic (exact) mass is 259 g/mol. The van der Waals surface area contributed by atoms with Crippen LogP contribution in [0.5, 0.6) is 0 Å². The average molecular weight is 259 g/mol. The second-order valence-electron chi connectivity index (χ2n) is 5.96. The van der Waals surface area contributed by atoms with Gasteiger partial charge in [0.2, 0.25) is 0 Å². The molecule has 1 aromatic carbocycles. The fourth-order valence-corrected chi connectivity index (χ4v) is 2.64. The Morgan fingerprint density at radius 3 is 2.63 bits per heavy atom. The van der Waals surface area contributed by atoms with Gasteiger partial charge < -0.3 is 10.3 Å². The Morgan fingerprint density at radius 2 is 1.95 bits per heavy atom. The van der Waals surface area contributed by atoms with Crippen molar-refractivity contribution in [2.45, 2.75) is 46.6 Å². The Labute approximate surface area is 115 Å². The Bertz CT molecular complexity index is 540. The number of aromatic nitrogens is 2. The van der Waals surface area contributed by atoms with Gasteiger partial charge in [0.25, 0.3) is 0 Å². The van der Waals surface area contributed by atoms with Gasteiger partial charge in [0.15, 0.2) is 0 Å². The van der Waals surface area contributed by atoms with Gasteiger partial charge in [-0.3, -0.25) is 0 Å². The first-order valence-corrected chi connectivity index (χ1v) is 7.21. The lowest BCUT2D eigenvalue weighted by Crippen LogP contribution is -2.18. The minimum Gasteiger partial charge on any atom is -0.330 e.